The molecule has 1 aliphatic rings. The van der Waals surface area contributed by atoms with E-state index < -0.39 is 0 Å². The van der Waals surface area contributed by atoms with Gasteiger partial charge in [0.05, 0.1) is 18.6 Å². The lowest BCUT2D eigenvalue weighted by Crippen LogP contribution is -2.32. The fraction of sp³-hybridized carbons (Fsp3) is 0.179. The van der Waals surface area contributed by atoms with Crippen molar-refractivity contribution in [3.05, 3.63) is 88.8 Å². The Bertz CT molecular complexity index is 1320. The van der Waals surface area contributed by atoms with Crippen LogP contribution in [0.2, 0.25) is 0 Å². The molecule has 0 aliphatic carbocycles. The highest BCUT2D eigenvalue weighted by molar-refractivity contribution is 8.18. The molecule has 1 aliphatic heterocycles. The molecule has 190 valence electrons. The van der Waals surface area contributed by atoms with Crippen molar-refractivity contribution < 1.29 is 28.6 Å². The average molecular weight is 519 g/mol. The number of benzene rings is 3. The summed E-state index contributed by atoms with van der Waals surface area (Å²) in [5.41, 5.74) is 2.49. The number of carbonyl (C=O) groups excluding carboxylic acids is 3. The summed E-state index contributed by atoms with van der Waals surface area (Å²) < 4.78 is 16.5. The first-order valence-corrected chi connectivity index (χ1v) is 12.3. The number of aryl methyl sites for hydroxylation is 1. The molecule has 0 radical (unpaired) electrons. The van der Waals surface area contributed by atoms with Crippen LogP contribution in [0.5, 0.6) is 17.2 Å². The highest BCUT2D eigenvalue weighted by Crippen LogP contribution is 2.32. The van der Waals surface area contributed by atoms with Gasteiger partial charge in [-0.25, -0.2) is 0 Å². The average Bonchev–Trinajstić information content (AvgIpc) is 3.16. The number of ether oxygens (including phenoxy) is 3. The maximum absolute atomic E-state index is 12.8. The van der Waals surface area contributed by atoms with E-state index >= 15 is 0 Å². The first-order valence-electron chi connectivity index (χ1n) is 11.5. The molecule has 1 N–H and O–H groups in total. The van der Waals surface area contributed by atoms with E-state index in [1.165, 1.54) is 0 Å². The van der Waals surface area contributed by atoms with E-state index in [0.717, 1.165) is 27.8 Å². The standard InChI is InChI=1S/C28H26N2O6S/c1-19-6-5-7-21(16-19)29-26(31)18-36-22-12-10-20(11-13-22)17-25-27(32)30(28(33)37-25)14-15-35-24-9-4-3-8-23(24)34-2/h3-13,16-17H,14-15,18H2,1-2H3,(H,29,31)/b25-17-. The maximum atomic E-state index is 12.8. The van der Waals surface area contributed by atoms with Gasteiger partial charge in [-0.2, -0.15) is 0 Å². The van der Waals surface area contributed by atoms with Gasteiger partial charge in [0.15, 0.2) is 18.1 Å². The minimum atomic E-state index is -0.369. The summed E-state index contributed by atoms with van der Waals surface area (Å²) in [6.45, 7) is 2.09. The third-order valence-corrected chi connectivity index (χ3v) is 6.27. The van der Waals surface area contributed by atoms with E-state index in [0.29, 0.717) is 27.8 Å². The summed E-state index contributed by atoms with van der Waals surface area (Å²) in [7, 11) is 1.55. The number of amides is 3. The summed E-state index contributed by atoms with van der Waals surface area (Å²) in [5.74, 6) is 1.00. The maximum Gasteiger partial charge on any atom is 0.293 e. The van der Waals surface area contributed by atoms with Gasteiger partial charge in [-0.05, 0) is 72.3 Å². The van der Waals surface area contributed by atoms with Crippen LogP contribution in [-0.2, 0) is 9.59 Å². The van der Waals surface area contributed by atoms with Crippen molar-refractivity contribution in [2.24, 2.45) is 0 Å². The second kappa shape index (κ2) is 12.1. The van der Waals surface area contributed by atoms with E-state index in [2.05, 4.69) is 5.32 Å². The lowest BCUT2D eigenvalue weighted by atomic mass is 10.2. The molecule has 3 amide bonds. The van der Waals surface area contributed by atoms with Gasteiger partial charge in [0.1, 0.15) is 12.4 Å². The van der Waals surface area contributed by atoms with E-state index in [1.54, 1.807) is 49.6 Å². The molecule has 9 heteroatoms. The molecule has 0 bridgehead atoms. The van der Waals surface area contributed by atoms with Gasteiger partial charge in [-0.15, -0.1) is 0 Å². The van der Waals surface area contributed by atoms with Crippen LogP contribution >= 0.6 is 11.8 Å². The Morgan fingerprint density at radius 3 is 2.46 bits per heavy atom. The third-order valence-electron chi connectivity index (χ3n) is 5.36. The summed E-state index contributed by atoms with van der Waals surface area (Å²) in [5, 5.41) is 2.44. The van der Waals surface area contributed by atoms with Crippen LogP contribution in [0.15, 0.2) is 77.7 Å². The predicted octanol–water partition coefficient (Wildman–Crippen LogP) is 5.14. The number of carbonyl (C=O) groups is 3. The largest absolute Gasteiger partial charge is 0.493 e. The van der Waals surface area contributed by atoms with Gasteiger partial charge >= 0.3 is 0 Å². The van der Waals surface area contributed by atoms with Crippen molar-refractivity contribution in [3.63, 3.8) is 0 Å². The molecule has 0 spiro atoms. The zero-order chi connectivity index (χ0) is 26.2. The van der Waals surface area contributed by atoms with Crippen LogP contribution in [-0.4, -0.2) is 48.8 Å². The number of nitrogens with one attached hydrogen (secondary N) is 1. The lowest BCUT2D eigenvalue weighted by molar-refractivity contribution is -0.123. The smallest absolute Gasteiger partial charge is 0.293 e. The monoisotopic (exact) mass is 518 g/mol. The zero-order valence-corrected chi connectivity index (χ0v) is 21.2. The Balaban J connectivity index is 1.28. The molecule has 3 aromatic rings. The van der Waals surface area contributed by atoms with Crippen LogP contribution in [0.1, 0.15) is 11.1 Å². The lowest BCUT2D eigenvalue weighted by Gasteiger charge is -2.14. The fourth-order valence-electron chi connectivity index (χ4n) is 3.56. The molecule has 1 saturated heterocycles. The van der Waals surface area contributed by atoms with Crippen molar-refractivity contribution in [2.45, 2.75) is 6.92 Å². The Morgan fingerprint density at radius 2 is 1.73 bits per heavy atom. The molecule has 4 rings (SSSR count). The van der Waals surface area contributed by atoms with Crippen molar-refractivity contribution in [1.29, 1.82) is 0 Å². The van der Waals surface area contributed by atoms with E-state index in [1.807, 2.05) is 43.3 Å². The molecule has 1 heterocycles. The van der Waals surface area contributed by atoms with Crippen molar-refractivity contribution >= 4 is 40.6 Å². The van der Waals surface area contributed by atoms with E-state index in [-0.39, 0.29) is 36.8 Å². The van der Waals surface area contributed by atoms with Crippen molar-refractivity contribution in [3.8, 4) is 17.2 Å². The van der Waals surface area contributed by atoms with Gasteiger partial charge in [-0.1, -0.05) is 36.4 Å². The number of thioether (sulfide) groups is 1. The number of anilines is 1. The van der Waals surface area contributed by atoms with E-state index in [4.69, 9.17) is 14.2 Å². The third kappa shape index (κ3) is 6.92. The van der Waals surface area contributed by atoms with Gasteiger partial charge in [0.25, 0.3) is 17.1 Å². The molecular weight excluding hydrogens is 492 g/mol. The highest BCUT2D eigenvalue weighted by atomic mass is 32.2. The Labute approximate surface area is 219 Å². The molecular formula is C28H26N2O6S. The Hall–Kier alpha value is -4.24. The van der Waals surface area contributed by atoms with Gasteiger partial charge < -0.3 is 19.5 Å². The highest BCUT2D eigenvalue weighted by Gasteiger charge is 2.34. The summed E-state index contributed by atoms with van der Waals surface area (Å²) in [6.07, 6.45) is 1.65. The van der Waals surface area contributed by atoms with Crippen LogP contribution < -0.4 is 19.5 Å². The number of imide groups is 1. The molecule has 0 unspecified atom stereocenters. The molecule has 8 nitrogen and oxygen atoms in total. The van der Waals surface area contributed by atoms with Gasteiger partial charge in [0, 0.05) is 5.69 Å². The Morgan fingerprint density at radius 1 is 0.973 bits per heavy atom. The molecule has 0 atom stereocenters. The predicted molar refractivity (Wildman–Crippen MR) is 143 cm³/mol. The second-order valence-electron chi connectivity index (χ2n) is 8.11. The summed E-state index contributed by atoms with van der Waals surface area (Å²) >= 11 is 0.885. The topological polar surface area (TPSA) is 94.2 Å². The molecule has 1 fully saturated rings. The van der Waals surface area contributed by atoms with Crippen LogP contribution in [0, 0.1) is 6.92 Å². The second-order valence-corrected chi connectivity index (χ2v) is 9.10. The first-order chi connectivity index (χ1) is 17.9. The van der Waals surface area contributed by atoms with Gasteiger partial charge in [-0.3, -0.25) is 19.3 Å². The summed E-state index contributed by atoms with van der Waals surface area (Å²) in [4.78, 5) is 38.8. The fourth-order valence-corrected chi connectivity index (χ4v) is 4.42. The van der Waals surface area contributed by atoms with Crippen LogP contribution in [0.3, 0.4) is 0 Å². The first kappa shape index (κ1) is 25.8. The van der Waals surface area contributed by atoms with Crippen LogP contribution in [0.4, 0.5) is 10.5 Å². The minimum Gasteiger partial charge on any atom is -0.493 e. The summed E-state index contributed by atoms with van der Waals surface area (Å²) in [6, 6.07) is 21.6. The van der Waals surface area contributed by atoms with Crippen molar-refractivity contribution in [1.82, 2.24) is 4.90 Å². The zero-order valence-electron chi connectivity index (χ0n) is 20.4. The molecule has 0 saturated carbocycles. The molecule has 37 heavy (non-hydrogen) atoms. The van der Waals surface area contributed by atoms with Crippen LogP contribution in [0.25, 0.3) is 6.08 Å². The minimum absolute atomic E-state index is 0.122. The normalized spacial score (nSPS) is 14.1. The Kier molecular flexibility index (Phi) is 8.48. The van der Waals surface area contributed by atoms with E-state index in [9.17, 15) is 14.4 Å². The quantitative estimate of drug-likeness (QED) is 0.372. The number of rotatable bonds is 10. The number of nitrogens with zero attached hydrogens (tertiary/aromatic N) is 1. The number of para-hydroxylation sites is 2. The molecule has 0 aromatic heterocycles. The molecule has 3 aromatic carbocycles. The van der Waals surface area contributed by atoms with Crippen molar-refractivity contribution in [2.75, 3.05) is 32.2 Å². The SMILES string of the molecule is COc1ccccc1OCCN1C(=O)S/C(=C\c2ccc(OCC(=O)Nc3cccc(C)c3)cc2)C1=O. The van der Waals surface area contributed by atoms with Gasteiger partial charge in [0.2, 0.25) is 0 Å². The number of methoxy groups -OCH3 is 1. The number of hydrogen-bond donors (Lipinski definition) is 1. The number of hydrogen-bond acceptors (Lipinski definition) is 7.